The van der Waals surface area contributed by atoms with E-state index in [4.69, 9.17) is 0 Å². The molecule has 0 aliphatic carbocycles. The first-order chi connectivity index (χ1) is 4.98. The van der Waals surface area contributed by atoms with Crippen molar-refractivity contribution in [3.63, 3.8) is 0 Å². The monoisotopic (exact) mass is 383 g/mol. The van der Waals surface area contributed by atoms with Gasteiger partial charge in [-0.1, -0.05) is 6.92 Å². The Morgan fingerprint density at radius 2 is 1.82 bits per heavy atom. The predicted octanol–water partition coefficient (Wildman–Crippen LogP) is 3.08. The number of halogens is 2. The second kappa shape index (κ2) is 7.57. The summed E-state index contributed by atoms with van der Waals surface area (Å²) in [5, 5.41) is 2.83. The number of hydrogen-bond acceptors (Lipinski definition) is 1. The van der Waals surface area contributed by atoms with Crippen LogP contribution >= 0.6 is 37.2 Å². The molecule has 0 aliphatic heterocycles. The largest absolute Gasteiger partial charge is 0.351 e. The minimum absolute atomic E-state index is 0.0359. The van der Waals surface area contributed by atoms with Gasteiger partial charge in [0, 0.05) is 49.7 Å². The first-order valence-electron chi connectivity index (χ1n) is 3.41. The first kappa shape index (κ1) is 14.5. The van der Waals surface area contributed by atoms with Gasteiger partial charge < -0.3 is 5.32 Å². The third kappa shape index (κ3) is 10.9. The topological polar surface area (TPSA) is 29.1 Å². The SMILES string of the molecule is CCC(C)(C)NC(C)=O.II. The number of hydrogen-bond donors (Lipinski definition) is 1. The molecule has 0 aromatic rings. The van der Waals surface area contributed by atoms with Gasteiger partial charge in [-0.05, 0) is 20.3 Å². The van der Waals surface area contributed by atoms with Crippen molar-refractivity contribution in [2.45, 2.75) is 39.7 Å². The summed E-state index contributed by atoms with van der Waals surface area (Å²) in [6.45, 7) is 7.61. The zero-order valence-corrected chi connectivity index (χ0v) is 11.7. The van der Waals surface area contributed by atoms with Crippen LogP contribution in [0.15, 0.2) is 0 Å². The third-order valence-electron chi connectivity index (χ3n) is 1.40. The first-order valence-corrected chi connectivity index (χ1v) is 9.69. The lowest BCUT2D eigenvalue weighted by Crippen LogP contribution is -2.41. The Kier molecular flexibility index (Phi) is 9.95. The molecular weight excluding hydrogens is 368 g/mol. The molecule has 0 bridgehead atoms. The Balaban J connectivity index is 0. The van der Waals surface area contributed by atoms with Crippen molar-refractivity contribution in [3.8, 4) is 0 Å². The van der Waals surface area contributed by atoms with Crippen molar-refractivity contribution in [2.75, 3.05) is 0 Å². The lowest BCUT2D eigenvalue weighted by molar-refractivity contribution is -0.120. The third-order valence-corrected chi connectivity index (χ3v) is 1.40. The molecule has 0 heterocycles. The number of amides is 1. The number of rotatable bonds is 2. The minimum atomic E-state index is -0.0359. The van der Waals surface area contributed by atoms with Crippen LogP contribution in [0, 0.1) is 0 Å². The van der Waals surface area contributed by atoms with Crippen LogP contribution in [0.2, 0.25) is 0 Å². The maximum atomic E-state index is 10.5. The maximum absolute atomic E-state index is 10.5. The Labute approximate surface area is 92.2 Å². The highest BCUT2D eigenvalue weighted by Crippen LogP contribution is 2.05. The molecule has 4 heteroatoms. The van der Waals surface area contributed by atoms with E-state index < -0.39 is 0 Å². The van der Waals surface area contributed by atoms with Gasteiger partial charge in [0.2, 0.25) is 5.91 Å². The molecule has 0 fully saturated rings. The molecule has 0 spiro atoms. The summed E-state index contributed by atoms with van der Waals surface area (Å²) < 4.78 is 0. The van der Waals surface area contributed by atoms with Gasteiger partial charge in [-0.25, -0.2) is 0 Å². The lowest BCUT2D eigenvalue weighted by Gasteiger charge is -2.23. The van der Waals surface area contributed by atoms with Gasteiger partial charge in [0.15, 0.2) is 0 Å². The van der Waals surface area contributed by atoms with Crippen LogP contribution < -0.4 is 5.32 Å². The van der Waals surface area contributed by atoms with Crippen molar-refractivity contribution in [3.05, 3.63) is 0 Å². The van der Waals surface area contributed by atoms with E-state index in [0.29, 0.717) is 0 Å². The summed E-state index contributed by atoms with van der Waals surface area (Å²) in [7, 11) is 0. The van der Waals surface area contributed by atoms with Crippen LogP contribution in [0.1, 0.15) is 34.1 Å². The summed E-state index contributed by atoms with van der Waals surface area (Å²) in [5.41, 5.74) is -0.0359. The van der Waals surface area contributed by atoms with Crippen LogP contribution in [0.3, 0.4) is 0 Å². The van der Waals surface area contributed by atoms with Gasteiger partial charge in [-0.2, -0.15) is 0 Å². The highest BCUT2D eigenvalue weighted by Gasteiger charge is 2.14. The zero-order chi connectivity index (χ0) is 9.49. The molecule has 2 nitrogen and oxygen atoms in total. The molecule has 68 valence electrons. The standard InChI is InChI=1S/C7H15NO.I2/c1-5-7(3,4)8-6(2)9;1-2/h5H2,1-4H3,(H,8,9);. The smallest absolute Gasteiger partial charge is 0.217 e. The zero-order valence-electron chi connectivity index (χ0n) is 7.37. The second-order valence-electron chi connectivity index (χ2n) is 2.92. The highest BCUT2D eigenvalue weighted by molar-refractivity contribution is 15.0. The molecule has 0 saturated heterocycles. The van der Waals surface area contributed by atoms with Crippen molar-refractivity contribution in [1.82, 2.24) is 5.32 Å². The average molecular weight is 383 g/mol. The molecule has 1 amide bonds. The van der Waals surface area contributed by atoms with Crippen LogP contribution in [0.4, 0.5) is 0 Å². The predicted molar refractivity (Wildman–Crippen MR) is 66.2 cm³/mol. The fourth-order valence-electron chi connectivity index (χ4n) is 0.565. The van der Waals surface area contributed by atoms with Gasteiger partial charge in [0.05, 0.1) is 0 Å². The molecule has 0 aliphatic rings. The normalized spacial score (nSPS) is 9.64. The molecule has 11 heavy (non-hydrogen) atoms. The van der Waals surface area contributed by atoms with E-state index in [1.54, 1.807) is 0 Å². The second-order valence-corrected chi connectivity index (χ2v) is 2.92. The highest BCUT2D eigenvalue weighted by atomic mass is 128. The van der Waals surface area contributed by atoms with Gasteiger partial charge >= 0.3 is 0 Å². The van der Waals surface area contributed by atoms with Crippen molar-refractivity contribution >= 4 is 43.1 Å². The summed E-state index contributed by atoms with van der Waals surface area (Å²) in [4.78, 5) is 10.5. The molecule has 0 atom stereocenters. The summed E-state index contributed by atoms with van der Waals surface area (Å²) >= 11 is 4.24. The fraction of sp³-hybridized carbons (Fsp3) is 0.857. The lowest BCUT2D eigenvalue weighted by atomic mass is 10.0. The van der Waals surface area contributed by atoms with E-state index >= 15 is 0 Å². The van der Waals surface area contributed by atoms with Crippen molar-refractivity contribution < 1.29 is 4.79 Å². The van der Waals surface area contributed by atoms with Crippen LogP contribution in [0.25, 0.3) is 0 Å². The van der Waals surface area contributed by atoms with Gasteiger partial charge in [0.1, 0.15) is 0 Å². The molecule has 0 rings (SSSR count). The maximum Gasteiger partial charge on any atom is 0.217 e. The Morgan fingerprint density at radius 1 is 1.45 bits per heavy atom. The molecule has 0 aromatic carbocycles. The summed E-state index contributed by atoms with van der Waals surface area (Å²) in [6, 6.07) is 0. The van der Waals surface area contributed by atoms with Gasteiger partial charge in [-0.15, -0.1) is 0 Å². The summed E-state index contributed by atoms with van der Waals surface area (Å²) in [5.74, 6) is 0.0434. The molecule has 0 saturated carbocycles. The van der Waals surface area contributed by atoms with E-state index in [1.807, 2.05) is 13.8 Å². The average Bonchev–Trinajstić information content (AvgIpc) is 1.90. The Bertz CT molecular complexity index is 115. The van der Waals surface area contributed by atoms with E-state index in [0.717, 1.165) is 6.42 Å². The van der Waals surface area contributed by atoms with E-state index in [1.165, 1.54) is 6.92 Å². The molecule has 1 N–H and O–H groups in total. The van der Waals surface area contributed by atoms with Crippen molar-refractivity contribution in [2.24, 2.45) is 0 Å². The Morgan fingerprint density at radius 3 is 1.91 bits per heavy atom. The fourth-order valence-corrected chi connectivity index (χ4v) is 0.565. The van der Waals surface area contributed by atoms with Gasteiger partial charge in [-0.3, -0.25) is 4.79 Å². The van der Waals surface area contributed by atoms with Gasteiger partial charge in [0.25, 0.3) is 0 Å². The number of carbonyl (C=O) groups is 1. The molecule has 0 unspecified atom stereocenters. The quantitative estimate of drug-likeness (QED) is 0.730. The molecule has 0 aromatic heterocycles. The molecule has 0 radical (unpaired) electrons. The van der Waals surface area contributed by atoms with E-state index in [2.05, 4.69) is 49.5 Å². The summed E-state index contributed by atoms with van der Waals surface area (Å²) in [6.07, 6.45) is 0.965. The number of nitrogens with one attached hydrogen (secondary N) is 1. The Hall–Kier alpha value is 0.930. The minimum Gasteiger partial charge on any atom is -0.351 e. The van der Waals surface area contributed by atoms with Crippen LogP contribution in [-0.2, 0) is 4.79 Å². The van der Waals surface area contributed by atoms with Crippen molar-refractivity contribution in [1.29, 1.82) is 0 Å². The van der Waals surface area contributed by atoms with E-state index in [9.17, 15) is 4.79 Å². The van der Waals surface area contributed by atoms with E-state index in [-0.39, 0.29) is 11.4 Å². The molecular formula is C7H15I2NO. The van der Waals surface area contributed by atoms with Crippen LogP contribution in [-0.4, -0.2) is 11.4 Å². The number of carbonyl (C=O) groups excluding carboxylic acids is 1. The van der Waals surface area contributed by atoms with Crippen LogP contribution in [0.5, 0.6) is 0 Å².